The van der Waals surface area contributed by atoms with Gasteiger partial charge in [-0.05, 0) is 44.7 Å². The molecule has 3 nitrogen and oxygen atoms in total. The van der Waals surface area contributed by atoms with Gasteiger partial charge in [0.25, 0.3) is 0 Å². The number of hydrogen-bond donors (Lipinski definition) is 2. The Hall–Kier alpha value is -1.35. The van der Waals surface area contributed by atoms with Crippen LogP contribution in [0.15, 0.2) is 30.3 Å². The zero-order chi connectivity index (χ0) is 14.3. The van der Waals surface area contributed by atoms with Crippen molar-refractivity contribution in [1.82, 2.24) is 5.32 Å². The van der Waals surface area contributed by atoms with E-state index in [0.29, 0.717) is 12.3 Å². The lowest BCUT2D eigenvalue weighted by Gasteiger charge is -2.21. The quantitative estimate of drug-likeness (QED) is 0.708. The first kappa shape index (κ1) is 15.7. The summed E-state index contributed by atoms with van der Waals surface area (Å²) < 4.78 is 0. The van der Waals surface area contributed by atoms with Crippen LogP contribution in [0, 0.1) is 5.41 Å². The Morgan fingerprint density at radius 3 is 2.47 bits per heavy atom. The van der Waals surface area contributed by atoms with E-state index in [1.165, 1.54) is 5.56 Å². The molecule has 1 aromatic rings. The van der Waals surface area contributed by atoms with E-state index < -0.39 is 11.4 Å². The molecule has 106 valence electrons. The number of carboxylic acids is 1. The predicted molar refractivity (Wildman–Crippen MR) is 78.4 cm³/mol. The second-order valence-corrected chi connectivity index (χ2v) is 5.66. The Labute approximate surface area is 116 Å². The van der Waals surface area contributed by atoms with E-state index in [1.807, 2.05) is 6.07 Å². The summed E-state index contributed by atoms with van der Waals surface area (Å²) in [5, 5.41) is 12.4. The van der Waals surface area contributed by atoms with E-state index in [-0.39, 0.29) is 0 Å². The number of aliphatic carboxylic acids is 1. The van der Waals surface area contributed by atoms with Crippen molar-refractivity contribution in [2.24, 2.45) is 5.41 Å². The van der Waals surface area contributed by atoms with E-state index in [2.05, 4.69) is 36.5 Å². The van der Waals surface area contributed by atoms with Gasteiger partial charge in [-0.2, -0.15) is 0 Å². The molecule has 1 rings (SSSR count). The van der Waals surface area contributed by atoms with Gasteiger partial charge in [0, 0.05) is 6.54 Å². The van der Waals surface area contributed by atoms with Gasteiger partial charge < -0.3 is 10.4 Å². The Morgan fingerprint density at radius 2 is 1.95 bits per heavy atom. The van der Waals surface area contributed by atoms with Crippen molar-refractivity contribution in [3.63, 3.8) is 0 Å². The fraction of sp³-hybridized carbons (Fsp3) is 0.562. The van der Waals surface area contributed by atoms with Crippen LogP contribution in [0.4, 0.5) is 0 Å². The van der Waals surface area contributed by atoms with Crippen molar-refractivity contribution in [2.75, 3.05) is 13.1 Å². The molecule has 2 N–H and O–H groups in total. The molecular formula is C16H25NO2. The lowest BCUT2D eigenvalue weighted by Crippen LogP contribution is -2.30. The maximum Gasteiger partial charge on any atom is 0.309 e. The van der Waals surface area contributed by atoms with Crippen molar-refractivity contribution >= 4 is 5.97 Å². The molecule has 0 aliphatic heterocycles. The van der Waals surface area contributed by atoms with E-state index >= 15 is 0 Å². The van der Waals surface area contributed by atoms with Crippen LogP contribution in [-0.2, 0) is 4.79 Å². The maximum absolute atomic E-state index is 11.0. The van der Waals surface area contributed by atoms with Gasteiger partial charge in [-0.25, -0.2) is 0 Å². The zero-order valence-corrected chi connectivity index (χ0v) is 12.1. The summed E-state index contributed by atoms with van der Waals surface area (Å²) in [6.07, 6.45) is 1.73. The second kappa shape index (κ2) is 7.29. The third kappa shape index (κ3) is 5.03. The largest absolute Gasteiger partial charge is 0.481 e. The van der Waals surface area contributed by atoms with Gasteiger partial charge in [0.1, 0.15) is 0 Å². The van der Waals surface area contributed by atoms with Crippen LogP contribution < -0.4 is 5.32 Å². The molecule has 0 aliphatic carbocycles. The number of rotatable bonds is 8. The van der Waals surface area contributed by atoms with E-state index in [4.69, 9.17) is 5.11 Å². The van der Waals surface area contributed by atoms with Crippen molar-refractivity contribution < 1.29 is 9.90 Å². The van der Waals surface area contributed by atoms with Gasteiger partial charge in [-0.3, -0.25) is 4.79 Å². The van der Waals surface area contributed by atoms with Crippen LogP contribution >= 0.6 is 0 Å². The molecular weight excluding hydrogens is 238 g/mol. The highest BCUT2D eigenvalue weighted by atomic mass is 16.4. The van der Waals surface area contributed by atoms with Crippen LogP contribution in [0.2, 0.25) is 0 Å². The zero-order valence-electron chi connectivity index (χ0n) is 12.1. The first-order valence-corrected chi connectivity index (χ1v) is 6.96. The molecule has 0 amide bonds. The lowest BCUT2D eigenvalue weighted by atomic mass is 9.89. The molecule has 0 saturated carbocycles. The monoisotopic (exact) mass is 263 g/mol. The number of nitrogens with one attached hydrogen (secondary N) is 1. The highest BCUT2D eigenvalue weighted by Gasteiger charge is 2.26. The average Bonchev–Trinajstić information content (AvgIpc) is 2.39. The lowest BCUT2D eigenvalue weighted by molar-refractivity contribution is -0.147. The number of carbonyl (C=O) groups is 1. The van der Waals surface area contributed by atoms with Crippen LogP contribution in [-0.4, -0.2) is 24.2 Å². The van der Waals surface area contributed by atoms with Crippen LogP contribution in [0.3, 0.4) is 0 Å². The molecule has 0 fully saturated rings. The molecule has 1 aromatic carbocycles. The maximum atomic E-state index is 11.0. The molecule has 0 aromatic heterocycles. The molecule has 1 unspecified atom stereocenters. The summed E-state index contributed by atoms with van der Waals surface area (Å²) in [6.45, 7) is 7.36. The highest BCUT2D eigenvalue weighted by Crippen LogP contribution is 2.20. The molecule has 3 heteroatoms. The average molecular weight is 263 g/mol. The van der Waals surface area contributed by atoms with Gasteiger partial charge in [0.05, 0.1) is 5.41 Å². The van der Waals surface area contributed by atoms with E-state index in [9.17, 15) is 4.79 Å². The van der Waals surface area contributed by atoms with Crippen molar-refractivity contribution in [2.45, 2.75) is 39.5 Å². The Balaban J connectivity index is 2.38. The minimum absolute atomic E-state index is 0.495. The molecule has 19 heavy (non-hydrogen) atoms. The summed E-state index contributed by atoms with van der Waals surface area (Å²) in [4.78, 5) is 11.0. The summed E-state index contributed by atoms with van der Waals surface area (Å²) in [5.41, 5.74) is 0.691. The minimum atomic E-state index is -0.732. The van der Waals surface area contributed by atoms with Crippen molar-refractivity contribution in [3.8, 4) is 0 Å². The Kier molecular flexibility index (Phi) is 6.03. The molecule has 1 atom stereocenters. The van der Waals surface area contributed by atoms with Gasteiger partial charge in [-0.1, -0.05) is 37.3 Å². The number of benzene rings is 1. The normalized spacial score (nSPS) is 13.2. The minimum Gasteiger partial charge on any atom is -0.481 e. The van der Waals surface area contributed by atoms with Crippen LogP contribution in [0.25, 0.3) is 0 Å². The number of hydrogen-bond acceptors (Lipinski definition) is 2. The molecule has 0 aliphatic rings. The summed E-state index contributed by atoms with van der Waals surface area (Å²) in [6, 6.07) is 10.4. The fourth-order valence-electron chi connectivity index (χ4n) is 2.01. The van der Waals surface area contributed by atoms with Crippen LogP contribution in [0.5, 0.6) is 0 Å². The van der Waals surface area contributed by atoms with Gasteiger partial charge in [-0.15, -0.1) is 0 Å². The number of carboxylic acid groups (broad SMARTS) is 1. The Bertz CT molecular complexity index is 387. The predicted octanol–water partition coefficient (Wildman–Crippen LogP) is 3.27. The van der Waals surface area contributed by atoms with E-state index in [0.717, 1.165) is 19.5 Å². The van der Waals surface area contributed by atoms with Crippen molar-refractivity contribution in [1.29, 1.82) is 0 Å². The first-order valence-electron chi connectivity index (χ1n) is 6.96. The summed E-state index contributed by atoms with van der Waals surface area (Å²) in [7, 11) is 0. The molecule has 0 heterocycles. The Morgan fingerprint density at radius 1 is 1.32 bits per heavy atom. The SMILES string of the molecule is CCC(CNCCC(C)(C)C(=O)O)c1ccccc1. The topological polar surface area (TPSA) is 49.3 Å². The summed E-state index contributed by atoms with van der Waals surface area (Å²) in [5.74, 6) is -0.237. The third-order valence-electron chi connectivity index (χ3n) is 3.66. The van der Waals surface area contributed by atoms with Gasteiger partial charge in [0.15, 0.2) is 0 Å². The first-order chi connectivity index (χ1) is 8.97. The van der Waals surface area contributed by atoms with Crippen LogP contribution in [0.1, 0.15) is 45.1 Å². The van der Waals surface area contributed by atoms with E-state index in [1.54, 1.807) is 13.8 Å². The van der Waals surface area contributed by atoms with Crippen molar-refractivity contribution in [3.05, 3.63) is 35.9 Å². The molecule has 0 bridgehead atoms. The summed E-state index contributed by atoms with van der Waals surface area (Å²) >= 11 is 0. The molecule has 0 radical (unpaired) electrons. The molecule has 0 spiro atoms. The standard InChI is InChI=1S/C16H25NO2/c1-4-13(14-8-6-5-7-9-14)12-17-11-10-16(2,3)15(18)19/h5-9,13,17H,4,10-12H2,1-3H3,(H,18,19). The van der Waals surface area contributed by atoms with Gasteiger partial charge >= 0.3 is 5.97 Å². The smallest absolute Gasteiger partial charge is 0.309 e. The fourth-order valence-corrected chi connectivity index (χ4v) is 2.01. The highest BCUT2D eigenvalue weighted by molar-refractivity contribution is 5.73. The van der Waals surface area contributed by atoms with Gasteiger partial charge in [0.2, 0.25) is 0 Å². The third-order valence-corrected chi connectivity index (χ3v) is 3.66. The second-order valence-electron chi connectivity index (χ2n) is 5.66. The molecule has 0 saturated heterocycles.